The number of carbonyl (C=O) groups is 2. The topological polar surface area (TPSA) is 72.2 Å². The second-order valence-corrected chi connectivity index (χ2v) is 7.03. The molecule has 0 saturated heterocycles. The van der Waals surface area contributed by atoms with E-state index in [4.69, 9.17) is 5.73 Å². The van der Waals surface area contributed by atoms with Crippen LogP contribution in [0.4, 0.5) is 0 Å². The number of carbonyl (C=O) groups excluding carboxylic acids is 2. The molecule has 0 fully saturated rings. The summed E-state index contributed by atoms with van der Waals surface area (Å²) >= 11 is 2.21. The minimum atomic E-state index is -0.760. The zero-order chi connectivity index (χ0) is 17.8. The molecular formula is C20H17IN2O2. The normalized spacial score (nSPS) is 11.9. The van der Waals surface area contributed by atoms with Crippen molar-refractivity contribution in [3.05, 3.63) is 81.4 Å². The van der Waals surface area contributed by atoms with E-state index < -0.39 is 11.9 Å². The fourth-order valence-electron chi connectivity index (χ4n) is 2.78. The first-order valence-corrected chi connectivity index (χ1v) is 8.95. The summed E-state index contributed by atoms with van der Waals surface area (Å²) in [6.07, 6.45) is 0.364. The highest BCUT2D eigenvalue weighted by molar-refractivity contribution is 14.1. The lowest BCUT2D eigenvalue weighted by Crippen LogP contribution is -2.45. The van der Waals surface area contributed by atoms with Gasteiger partial charge in [0.2, 0.25) is 5.91 Å². The minimum Gasteiger partial charge on any atom is -0.368 e. The minimum absolute atomic E-state index is 0.300. The quantitative estimate of drug-likeness (QED) is 0.593. The Labute approximate surface area is 159 Å². The molecule has 3 aromatic carbocycles. The van der Waals surface area contributed by atoms with Crippen molar-refractivity contribution in [1.29, 1.82) is 0 Å². The largest absolute Gasteiger partial charge is 0.368 e. The van der Waals surface area contributed by atoms with E-state index in [0.717, 1.165) is 19.9 Å². The van der Waals surface area contributed by atoms with E-state index in [2.05, 4.69) is 27.9 Å². The van der Waals surface area contributed by atoms with E-state index in [-0.39, 0.29) is 5.91 Å². The van der Waals surface area contributed by atoms with Crippen LogP contribution in [0.5, 0.6) is 0 Å². The highest BCUT2D eigenvalue weighted by atomic mass is 127. The molecule has 0 spiro atoms. The predicted octanol–water partition coefficient (Wildman–Crippen LogP) is 3.27. The van der Waals surface area contributed by atoms with Crippen molar-refractivity contribution >= 4 is 45.2 Å². The van der Waals surface area contributed by atoms with Gasteiger partial charge < -0.3 is 11.1 Å². The molecule has 126 valence electrons. The maximum Gasteiger partial charge on any atom is 0.252 e. The van der Waals surface area contributed by atoms with Gasteiger partial charge in [-0.25, -0.2) is 0 Å². The van der Waals surface area contributed by atoms with Crippen LogP contribution in [-0.2, 0) is 11.2 Å². The molecule has 3 rings (SSSR count). The maximum absolute atomic E-state index is 12.7. The molecule has 3 N–H and O–H groups in total. The number of hydrogen-bond acceptors (Lipinski definition) is 2. The molecule has 0 saturated carbocycles. The Bertz CT molecular complexity index is 934. The van der Waals surface area contributed by atoms with Crippen LogP contribution in [-0.4, -0.2) is 17.9 Å². The Morgan fingerprint density at radius 2 is 1.72 bits per heavy atom. The third-order valence-corrected chi connectivity index (χ3v) is 4.68. The lowest BCUT2D eigenvalue weighted by Gasteiger charge is -2.16. The highest BCUT2D eigenvalue weighted by Crippen LogP contribution is 2.18. The third-order valence-electron chi connectivity index (χ3n) is 4.01. The van der Waals surface area contributed by atoms with Crippen molar-refractivity contribution in [3.8, 4) is 0 Å². The molecule has 0 unspecified atom stereocenters. The van der Waals surface area contributed by atoms with Gasteiger partial charge in [-0.1, -0.05) is 48.5 Å². The summed E-state index contributed by atoms with van der Waals surface area (Å²) in [5.74, 6) is -0.848. The van der Waals surface area contributed by atoms with E-state index in [1.165, 1.54) is 0 Å². The van der Waals surface area contributed by atoms with E-state index in [9.17, 15) is 9.59 Å². The Balaban J connectivity index is 1.84. The molecule has 0 aliphatic heterocycles. The van der Waals surface area contributed by atoms with Gasteiger partial charge in [0.05, 0.1) is 0 Å². The molecule has 0 aliphatic carbocycles. The van der Waals surface area contributed by atoms with Gasteiger partial charge in [0, 0.05) is 15.6 Å². The number of rotatable bonds is 5. The van der Waals surface area contributed by atoms with Crippen molar-refractivity contribution < 1.29 is 9.59 Å². The number of benzene rings is 3. The third kappa shape index (κ3) is 4.17. The van der Waals surface area contributed by atoms with E-state index in [0.29, 0.717) is 12.0 Å². The lowest BCUT2D eigenvalue weighted by atomic mass is 10.0. The first-order chi connectivity index (χ1) is 12.0. The van der Waals surface area contributed by atoms with Gasteiger partial charge >= 0.3 is 0 Å². The number of fused-ring (bicyclic) bond motifs is 1. The monoisotopic (exact) mass is 444 g/mol. The van der Waals surface area contributed by atoms with Crippen LogP contribution in [0.25, 0.3) is 10.8 Å². The van der Waals surface area contributed by atoms with E-state index in [1.807, 2.05) is 60.7 Å². The van der Waals surface area contributed by atoms with Gasteiger partial charge in [0.1, 0.15) is 6.04 Å². The van der Waals surface area contributed by atoms with Crippen molar-refractivity contribution in [2.24, 2.45) is 5.73 Å². The zero-order valence-electron chi connectivity index (χ0n) is 13.4. The first kappa shape index (κ1) is 17.4. The molecule has 3 aromatic rings. The van der Waals surface area contributed by atoms with Crippen LogP contribution in [0.3, 0.4) is 0 Å². The second-order valence-electron chi connectivity index (χ2n) is 5.79. The van der Waals surface area contributed by atoms with Crippen LogP contribution in [0.2, 0.25) is 0 Å². The molecule has 25 heavy (non-hydrogen) atoms. The first-order valence-electron chi connectivity index (χ1n) is 7.87. The van der Waals surface area contributed by atoms with E-state index in [1.54, 1.807) is 6.07 Å². The smallest absolute Gasteiger partial charge is 0.252 e. The zero-order valence-corrected chi connectivity index (χ0v) is 15.6. The Kier molecular flexibility index (Phi) is 5.33. The van der Waals surface area contributed by atoms with Gasteiger partial charge in [-0.05, 0) is 57.1 Å². The fraction of sp³-hybridized carbons (Fsp3) is 0.100. The highest BCUT2D eigenvalue weighted by Gasteiger charge is 2.20. The predicted molar refractivity (Wildman–Crippen MR) is 107 cm³/mol. The van der Waals surface area contributed by atoms with Crippen LogP contribution in [0.15, 0.2) is 66.7 Å². The number of nitrogens with one attached hydrogen (secondary N) is 1. The number of halogens is 1. The lowest BCUT2D eigenvalue weighted by molar-refractivity contribution is -0.119. The summed E-state index contributed by atoms with van der Waals surface area (Å²) in [5.41, 5.74) is 6.99. The molecule has 2 amide bonds. The van der Waals surface area contributed by atoms with Crippen LogP contribution >= 0.6 is 22.6 Å². The van der Waals surface area contributed by atoms with Gasteiger partial charge in [-0.3, -0.25) is 9.59 Å². The molecule has 0 bridgehead atoms. The van der Waals surface area contributed by atoms with Crippen molar-refractivity contribution in [3.63, 3.8) is 0 Å². The van der Waals surface area contributed by atoms with Crippen molar-refractivity contribution in [2.75, 3.05) is 0 Å². The molecule has 5 heteroatoms. The molecule has 0 radical (unpaired) electrons. The molecule has 4 nitrogen and oxygen atoms in total. The summed E-state index contributed by atoms with van der Waals surface area (Å²) in [5, 5.41) is 4.60. The van der Waals surface area contributed by atoms with Crippen LogP contribution in [0, 0.1) is 3.57 Å². The molecular weight excluding hydrogens is 427 g/mol. The molecule has 0 heterocycles. The number of nitrogens with two attached hydrogens (primary N) is 1. The average Bonchev–Trinajstić information content (AvgIpc) is 2.60. The summed E-state index contributed by atoms with van der Waals surface area (Å²) < 4.78 is 1.07. The Hall–Kier alpha value is -2.41. The Morgan fingerprint density at radius 1 is 1.00 bits per heavy atom. The fourth-order valence-corrected chi connectivity index (χ4v) is 3.39. The second kappa shape index (κ2) is 7.65. The number of primary amides is 1. The van der Waals surface area contributed by atoms with Crippen molar-refractivity contribution in [1.82, 2.24) is 5.32 Å². The summed E-state index contributed by atoms with van der Waals surface area (Å²) in [7, 11) is 0. The SMILES string of the molecule is NC(=O)[C@H](Cc1cccc(I)c1)NC(=O)c1cccc2ccccc12. The van der Waals surface area contributed by atoms with E-state index >= 15 is 0 Å². The maximum atomic E-state index is 12.7. The van der Waals surface area contributed by atoms with Crippen LogP contribution < -0.4 is 11.1 Å². The standard InChI is InChI=1S/C20H17IN2O2/c21-15-8-3-5-13(11-15)12-18(19(22)24)23-20(25)17-10-4-7-14-6-1-2-9-16(14)17/h1-11,18H,12H2,(H2,22,24)(H,23,25)/t18-/m0/s1. The molecule has 0 aliphatic rings. The summed E-state index contributed by atoms with van der Waals surface area (Å²) in [6, 6.07) is 20.2. The summed E-state index contributed by atoms with van der Waals surface area (Å²) in [4.78, 5) is 24.5. The van der Waals surface area contributed by atoms with Gasteiger partial charge in [0.15, 0.2) is 0 Å². The average molecular weight is 444 g/mol. The number of amides is 2. The Morgan fingerprint density at radius 3 is 2.48 bits per heavy atom. The summed E-state index contributed by atoms with van der Waals surface area (Å²) in [6.45, 7) is 0. The van der Waals surface area contributed by atoms with Crippen molar-refractivity contribution in [2.45, 2.75) is 12.5 Å². The van der Waals surface area contributed by atoms with Gasteiger partial charge in [-0.2, -0.15) is 0 Å². The van der Waals surface area contributed by atoms with Crippen LogP contribution in [0.1, 0.15) is 15.9 Å². The van der Waals surface area contributed by atoms with Gasteiger partial charge in [0.25, 0.3) is 5.91 Å². The molecule has 0 aromatic heterocycles. The molecule has 1 atom stereocenters. The number of hydrogen-bond donors (Lipinski definition) is 2. The van der Waals surface area contributed by atoms with Gasteiger partial charge in [-0.15, -0.1) is 0 Å².